The Morgan fingerprint density at radius 2 is 1.74 bits per heavy atom. The molecule has 3 nitrogen and oxygen atoms in total. The van der Waals surface area contributed by atoms with Crippen molar-refractivity contribution in [1.29, 1.82) is 0 Å². The average Bonchev–Trinajstić information content (AvgIpc) is 2.95. The Labute approximate surface area is 162 Å². The van der Waals surface area contributed by atoms with Crippen molar-refractivity contribution in [3.8, 4) is 0 Å². The first kappa shape index (κ1) is 18.3. The maximum Gasteiger partial charge on any atom is 0.0594 e. The Morgan fingerprint density at radius 1 is 0.963 bits per heavy atom. The number of aromatic nitrogens is 1. The number of nitrogens with zero attached hydrogens (tertiary/aromatic N) is 2. The van der Waals surface area contributed by atoms with Gasteiger partial charge in [-0.3, -0.25) is 4.90 Å². The fraction of sp³-hybridized carbons (Fsp3) is 0.417. The Bertz CT molecular complexity index is 892. The molecule has 3 heteroatoms. The normalized spacial score (nSPS) is 15.5. The lowest BCUT2D eigenvalue weighted by Gasteiger charge is -2.26. The predicted octanol–water partition coefficient (Wildman–Crippen LogP) is 4.57. The Hall–Kier alpha value is -2.10. The molecule has 1 aromatic heterocycles. The molecule has 4 rings (SSSR count). The van der Waals surface area contributed by atoms with Crippen LogP contribution in [0.4, 0.5) is 0 Å². The SMILES string of the molecule is Cc1ccc2c(CCCN3CCOCC3)c(C)n(Cc3ccccc3)c2c1. The molecule has 1 fully saturated rings. The summed E-state index contributed by atoms with van der Waals surface area (Å²) in [6.07, 6.45) is 2.35. The van der Waals surface area contributed by atoms with Crippen molar-refractivity contribution in [2.45, 2.75) is 33.2 Å². The zero-order chi connectivity index (χ0) is 18.6. The number of ether oxygens (including phenoxy) is 1. The van der Waals surface area contributed by atoms with E-state index in [9.17, 15) is 0 Å². The molecule has 0 amide bonds. The number of aryl methyl sites for hydroxylation is 2. The minimum atomic E-state index is 0.884. The number of benzene rings is 2. The molecular formula is C24H30N2O. The molecule has 1 aliphatic rings. The van der Waals surface area contributed by atoms with Gasteiger partial charge in [0.1, 0.15) is 0 Å². The van der Waals surface area contributed by atoms with Crippen molar-refractivity contribution in [1.82, 2.24) is 9.47 Å². The van der Waals surface area contributed by atoms with Gasteiger partial charge in [-0.15, -0.1) is 0 Å². The van der Waals surface area contributed by atoms with Crippen LogP contribution in [0.25, 0.3) is 10.9 Å². The molecule has 1 saturated heterocycles. The Kier molecular flexibility index (Phi) is 5.61. The van der Waals surface area contributed by atoms with Gasteiger partial charge in [-0.1, -0.05) is 42.5 Å². The van der Waals surface area contributed by atoms with Crippen LogP contribution in [0.15, 0.2) is 48.5 Å². The van der Waals surface area contributed by atoms with Crippen molar-refractivity contribution in [3.63, 3.8) is 0 Å². The lowest BCUT2D eigenvalue weighted by Crippen LogP contribution is -2.36. The topological polar surface area (TPSA) is 17.4 Å². The quantitative estimate of drug-likeness (QED) is 0.639. The van der Waals surface area contributed by atoms with Crippen LogP contribution in [0.3, 0.4) is 0 Å². The van der Waals surface area contributed by atoms with Gasteiger partial charge in [-0.2, -0.15) is 0 Å². The first-order valence-electron chi connectivity index (χ1n) is 10.1. The van der Waals surface area contributed by atoms with Gasteiger partial charge in [-0.25, -0.2) is 0 Å². The second-order valence-corrected chi connectivity index (χ2v) is 7.71. The number of fused-ring (bicyclic) bond motifs is 1. The van der Waals surface area contributed by atoms with Crippen molar-refractivity contribution >= 4 is 10.9 Å². The van der Waals surface area contributed by atoms with E-state index in [1.165, 1.54) is 46.3 Å². The lowest BCUT2D eigenvalue weighted by atomic mass is 10.0. The zero-order valence-electron chi connectivity index (χ0n) is 16.6. The van der Waals surface area contributed by atoms with Crippen molar-refractivity contribution in [2.24, 2.45) is 0 Å². The third-order valence-electron chi connectivity index (χ3n) is 5.80. The van der Waals surface area contributed by atoms with Crippen molar-refractivity contribution < 1.29 is 4.74 Å². The second kappa shape index (κ2) is 8.28. The minimum absolute atomic E-state index is 0.884. The maximum absolute atomic E-state index is 5.47. The lowest BCUT2D eigenvalue weighted by molar-refractivity contribution is 0.0375. The molecule has 0 saturated carbocycles. The van der Waals surface area contributed by atoms with Crippen LogP contribution >= 0.6 is 0 Å². The highest BCUT2D eigenvalue weighted by Crippen LogP contribution is 2.29. The van der Waals surface area contributed by atoms with Gasteiger partial charge in [0.15, 0.2) is 0 Å². The van der Waals surface area contributed by atoms with Crippen LogP contribution in [0.2, 0.25) is 0 Å². The fourth-order valence-electron chi connectivity index (χ4n) is 4.25. The Morgan fingerprint density at radius 3 is 2.52 bits per heavy atom. The van der Waals surface area contributed by atoms with Gasteiger partial charge < -0.3 is 9.30 Å². The maximum atomic E-state index is 5.47. The van der Waals surface area contributed by atoms with Crippen LogP contribution in [0, 0.1) is 13.8 Å². The van der Waals surface area contributed by atoms with E-state index < -0.39 is 0 Å². The molecule has 0 unspecified atom stereocenters. The van der Waals surface area contributed by atoms with E-state index >= 15 is 0 Å². The molecule has 142 valence electrons. The number of hydrogen-bond acceptors (Lipinski definition) is 2. The fourth-order valence-corrected chi connectivity index (χ4v) is 4.25. The summed E-state index contributed by atoms with van der Waals surface area (Å²) in [5, 5.41) is 1.43. The molecule has 0 atom stereocenters. The molecule has 3 aromatic rings. The number of morpholine rings is 1. The minimum Gasteiger partial charge on any atom is -0.379 e. The third-order valence-corrected chi connectivity index (χ3v) is 5.80. The summed E-state index contributed by atoms with van der Waals surface area (Å²) >= 11 is 0. The molecule has 27 heavy (non-hydrogen) atoms. The molecule has 0 spiro atoms. The number of rotatable bonds is 6. The Balaban J connectivity index is 1.59. The predicted molar refractivity (Wildman–Crippen MR) is 113 cm³/mol. The van der Waals surface area contributed by atoms with Gasteiger partial charge in [0.25, 0.3) is 0 Å². The highest BCUT2D eigenvalue weighted by Gasteiger charge is 2.15. The summed E-state index contributed by atoms with van der Waals surface area (Å²) in [5.41, 5.74) is 7.00. The van der Waals surface area contributed by atoms with E-state index in [2.05, 4.69) is 71.8 Å². The molecular weight excluding hydrogens is 332 g/mol. The molecule has 0 bridgehead atoms. The molecule has 2 heterocycles. The van der Waals surface area contributed by atoms with E-state index in [1.807, 2.05) is 0 Å². The largest absolute Gasteiger partial charge is 0.379 e. The summed E-state index contributed by atoms with van der Waals surface area (Å²) in [4.78, 5) is 2.53. The molecule has 0 N–H and O–H groups in total. The molecule has 1 aliphatic heterocycles. The van der Waals surface area contributed by atoms with E-state index in [-0.39, 0.29) is 0 Å². The first-order valence-corrected chi connectivity index (χ1v) is 10.1. The van der Waals surface area contributed by atoms with E-state index in [0.29, 0.717) is 0 Å². The monoisotopic (exact) mass is 362 g/mol. The average molecular weight is 363 g/mol. The van der Waals surface area contributed by atoms with Crippen LogP contribution in [0.5, 0.6) is 0 Å². The molecule has 0 aliphatic carbocycles. The van der Waals surface area contributed by atoms with Crippen LogP contribution in [0.1, 0.15) is 28.8 Å². The molecule has 2 aromatic carbocycles. The summed E-state index contributed by atoms with van der Waals surface area (Å²) in [7, 11) is 0. The second-order valence-electron chi connectivity index (χ2n) is 7.71. The standard InChI is InChI=1S/C24H30N2O/c1-19-10-11-23-22(9-6-12-25-13-15-27-16-14-25)20(2)26(24(23)17-19)18-21-7-4-3-5-8-21/h3-5,7-8,10-11,17H,6,9,12-16,18H2,1-2H3. The summed E-state index contributed by atoms with van der Waals surface area (Å²) in [5.74, 6) is 0. The van der Waals surface area contributed by atoms with E-state index in [0.717, 1.165) is 39.3 Å². The summed E-state index contributed by atoms with van der Waals surface area (Å²) in [6, 6.07) is 17.7. The van der Waals surface area contributed by atoms with Crippen molar-refractivity contribution in [3.05, 3.63) is 70.9 Å². The van der Waals surface area contributed by atoms with Crippen LogP contribution in [-0.4, -0.2) is 42.3 Å². The van der Waals surface area contributed by atoms with Crippen LogP contribution in [-0.2, 0) is 17.7 Å². The summed E-state index contributed by atoms with van der Waals surface area (Å²) in [6.45, 7) is 10.5. The summed E-state index contributed by atoms with van der Waals surface area (Å²) < 4.78 is 7.97. The van der Waals surface area contributed by atoms with Gasteiger partial charge in [0.2, 0.25) is 0 Å². The third kappa shape index (κ3) is 4.10. The van der Waals surface area contributed by atoms with Crippen molar-refractivity contribution in [2.75, 3.05) is 32.8 Å². The smallest absolute Gasteiger partial charge is 0.0594 e. The number of hydrogen-bond donors (Lipinski definition) is 0. The highest BCUT2D eigenvalue weighted by molar-refractivity contribution is 5.86. The zero-order valence-corrected chi connectivity index (χ0v) is 16.6. The molecule has 0 radical (unpaired) electrons. The van der Waals surface area contributed by atoms with Crippen LogP contribution < -0.4 is 0 Å². The van der Waals surface area contributed by atoms with Gasteiger partial charge in [0.05, 0.1) is 13.2 Å². The van der Waals surface area contributed by atoms with Gasteiger partial charge >= 0.3 is 0 Å². The van der Waals surface area contributed by atoms with E-state index in [4.69, 9.17) is 4.74 Å². The first-order chi connectivity index (χ1) is 13.2. The van der Waals surface area contributed by atoms with Gasteiger partial charge in [0, 0.05) is 36.2 Å². The highest BCUT2D eigenvalue weighted by atomic mass is 16.5. The van der Waals surface area contributed by atoms with E-state index in [1.54, 1.807) is 0 Å². The van der Waals surface area contributed by atoms with Gasteiger partial charge in [-0.05, 0) is 56.0 Å².